The maximum atomic E-state index is 12.8. The van der Waals surface area contributed by atoms with Gasteiger partial charge in [-0.2, -0.15) is 0 Å². The van der Waals surface area contributed by atoms with Crippen LogP contribution < -0.4 is 5.32 Å². The summed E-state index contributed by atoms with van der Waals surface area (Å²) in [6.45, 7) is 1.02. The van der Waals surface area contributed by atoms with E-state index in [4.69, 9.17) is 0 Å². The van der Waals surface area contributed by atoms with Gasteiger partial charge in [0.25, 0.3) is 0 Å². The monoisotopic (exact) mass is 293 g/mol. The van der Waals surface area contributed by atoms with E-state index in [-0.39, 0.29) is 5.78 Å². The van der Waals surface area contributed by atoms with E-state index < -0.39 is 0 Å². The number of nitrogens with one attached hydrogen (secondary N) is 1. The van der Waals surface area contributed by atoms with Crippen molar-refractivity contribution < 1.29 is 4.79 Å². The predicted molar refractivity (Wildman–Crippen MR) is 88.5 cm³/mol. The molecule has 2 aromatic carbocycles. The standard InChI is InChI=1S/C18H15NOS/c20-17(15-5-1-3-12-8-10-21-18(12)15)14-6-7-16-13(11-14)4-2-9-19-16/h1,3,5-8,10-11,19H,2,4,9H2. The van der Waals surface area contributed by atoms with Crippen LogP contribution in [-0.4, -0.2) is 12.3 Å². The minimum absolute atomic E-state index is 0.122. The van der Waals surface area contributed by atoms with Crippen LogP contribution in [0.25, 0.3) is 10.1 Å². The lowest BCUT2D eigenvalue weighted by Crippen LogP contribution is -2.12. The molecule has 0 atom stereocenters. The van der Waals surface area contributed by atoms with Crippen molar-refractivity contribution in [2.45, 2.75) is 12.8 Å². The number of benzene rings is 2. The van der Waals surface area contributed by atoms with Gasteiger partial charge in [0.1, 0.15) is 0 Å². The highest BCUT2D eigenvalue weighted by molar-refractivity contribution is 7.17. The quantitative estimate of drug-likeness (QED) is 0.705. The third-order valence-electron chi connectivity index (χ3n) is 4.03. The van der Waals surface area contributed by atoms with Gasteiger partial charge >= 0.3 is 0 Å². The van der Waals surface area contributed by atoms with Crippen molar-refractivity contribution in [2.75, 3.05) is 11.9 Å². The normalized spacial score (nSPS) is 13.7. The van der Waals surface area contributed by atoms with Gasteiger partial charge in [0.05, 0.1) is 0 Å². The number of carbonyl (C=O) groups excluding carboxylic acids is 1. The summed E-state index contributed by atoms with van der Waals surface area (Å²) < 4.78 is 1.08. The summed E-state index contributed by atoms with van der Waals surface area (Å²) in [6.07, 6.45) is 2.18. The lowest BCUT2D eigenvalue weighted by Gasteiger charge is -2.18. The molecule has 21 heavy (non-hydrogen) atoms. The molecule has 1 N–H and O–H groups in total. The van der Waals surface area contributed by atoms with Gasteiger partial charge in [-0.15, -0.1) is 11.3 Å². The Kier molecular flexibility index (Phi) is 3.00. The summed E-state index contributed by atoms with van der Waals surface area (Å²) in [5, 5.41) is 6.57. The number of anilines is 1. The molecule has 104 valence electrons. The highest BCUT2D eigenvalue weighted by atomic mass is 32.1. The molecule has 0 radical (unpaired) electrons. The predicted octanol–water partition coefficient (Wildman–Crippen LogP) is 4.49. The first-order valence-corrected chi connectivity index (χ1v) is 8.08. The number of hydrogen-bond acceptors (Lipinski definition) is 3. The van der Waals surface area contributed by atoms with Crippen LogP contribution in [0, 0.1) is 0 Å². The summed E-state index contributed by atoms with van der Waals surface area (Å²) in [5.41, 5.74) is 4.03. The van der Waals surface area contributed by atoms with Crippen LogP contribution in [0.4, 0.5) is 5.69 Å². The van der Waals surface area contributed by atoms with Gasteiger partial charge in [0.15, 0.2) is 5.78 Å². The molecule has 0 bridgehead atoms. The number of hydrogen-bond donors (Lipinski definition) is 1. The molecule has 0 amide bonds. The van der Waals surface area contributed by atoms with Gasteiger partial charge in [-0.3, -0.25) is 4.79 Å². The minimum atomic E-state index is 0.122. The highest BCUT2D eigenvalue weighted by Gasteiger charge is 2.16. The fourth-order valence-corrected chi connectivity index (χ4v) is 3.85. The fraction of sp³-hybridized carbons (Fsp3) is 0.167. The largest absolute Gasteiger partial charge is 0.385 e. The van der Waals surface area contributed by atoms with Gasteiger partial charge < -0.3 is 5.32 Å². The first-order valence-electron chi connectivity index (χ1n) is 7.21. The zero-order chi connectivity index (χ0) is 14.2. The van der Waals surface area contributed by atoms with E-state index in [0.29, 0.717) is 0 Å². The number of ketones is 1. The number of aryl methyl sites for hydroxylation is 1. The minimum Gasteiger partial charge on any atom is -0.385 e. The molecule has 3 aromatic rings. The Hall–Kier alpha value is -2.13. The van der Waals surface area contributed by atoms with Crippen LogP contribution in [0.1, 0.15) is 27.9 Å². The van der Waals surface area contributed by atoms with Crippen molar-refractivity contribution in [1.82, 2.24) is 0 Å². The van der Waals surface area contributed by atoms with E-state index in [1.807, 2.05) is 29.6 Å². The second-order valence-corrected chi connectivity index (χ2v) is 6.29. The Morgan fingerprint density at radius 3 is 3.05 bits per heavy atom. The van der Waals surface area contributed by atoms with Crippen molar-refractivity contribution in [3.05, 3.63) is 64.5 Å². The van der Waals surface area contributed by atoms with E-state index in [2.05, 4.69) is 23.5 Å². The third-order valence-corrected chi connectivity index (χ3v) is 4.99. The summed E-state index contributed by atoms with van der Waals surface area (Å²) >= 11 is 1.63. The summed E-state index contributed by atoms with van der Waals surface area (Å²) in [5.74, 6) is 0.122. The molecular weight excluding hydrogens is 278 g/mol. The lowest BCUT2D eigenvalue weighted by atomic mass is 9.96. The van der Waals surface area contributed by atoms with Gasteiger partial charge in [-0.05, 0) is 59.5 Å². The van der Waals surface area contributed by atoms with E-state index >= 15 is 0 Å². The van der Waals surface area contributed by atoms with Crippen molar-refractivity contribution in [2.24, 2.45) is 0 Å². The van der Waals surface area contributed by atoms with Crippen molar-refractivity contribution in [1.29, 1.82) is 0 Å². The molecule has 0 unspecified atom stereocenters. The Bertz CT molecular complexity index is 834. The van der Waals surface area contributed by atoms with Crippen LogP contribution >= 0.6 is 11.3 Å². The van der Waals surface area contributed by atoms with E-state index in [1.165, 1.54) is 11.3 Å². The van der Waals surface area contributed by atoms with Crippen molar-refractivity contribution >= 4 is 32.9 Å². The second kappa shape index (κ2) is 5.01. The zero-order valence-electron chi connectivity index (χ0n) is 11.6. The Morgan fingerprint density at radius 2 is 2.10 bits per heavy atom. The van der Waals surface area contributed by atoms with Gasteiger partial charge in [0.2, 0.25) is 0 Å². The zero-order valence-corrected chi connectivity index (χ0v) is 12.4. The van der Waals surface area contributed by atoms with Gasteiger partial charge in [0, 0.05) is 28.1 Å². The summed E-state index contributed by atoms with van der Waals surface area (Å²) in [6, 6.07) is 14.0. The van der Waals surface area contributed by atoms with Gasteiger partial charge in [-0.1, -0.05) is 12.1 Å². The molecule has 0 spiro atoms. The van der Waals surface area contributed by atoms with Crippen LogP contribution in [0.5, 0.6) is 0 Å². The first kappa shape index (κ1) is 12.6. The van der Waals surface area contributed by atoms with Crippen LogP contribution in [0.15, 0.2) is 47.8 Å². The van der Waals surface area contributed by atoms with Crippen molar-refractivity contribution in [3.8, 4) is 0 Å². The second-order valence-electron chi connectivity index (χ2n) is 5.38. The van der Waals surface area contributed by atoms with E-state index in [0.717, 1.165) is 40.6 Å². The molecule has 1 aromatic heterocycles. The SMILES string of the molecule is O=C(c1ccc2c(c1)CCCN2)c1cccc2ccsc12. The molecule has 0 saturated carbocycles. The molecule has 1 aliphatic rings. The Labute approximate surface area is 127 Å². The molecule has 1 aliphatic heterocycles. The third kappa shape index (κ3) is 2.14. The molecule has 0 fully saturated rings. The number of thiophene rings is 1. The van der Waals surface area contributed by atoms with Gasteiger partial charge in [-0.25, -0.2) is 0 Å². The fourth-order valence-electron chi connectivity index (χ4n) is 2.94. The molecule has 0 saturated heterocycles. The van der Waals surface area contributed by atoms with Crippen LogP contribution in [0.3, 0.4) is 0 Å². The lowest BCUT2D eigenvalue weighted by molar-refractivity contribution is 0.104. The maximum absolute atomic E-state index is 12.8. The first-order chi connectivity index (χ1) is 10.3. The van der Waals surface area contributed by atoms with E-state index in [9.17, 15) is 4.79 Å². The highest BCUT2D eigenvalue weighted by Crippen LogP contribution is 2.28. The molecule has 0 aliphatic carbocycles. The summed E-state index contributed by atoms with van der Waals surface area (Å²) in [4.78, 5) is 12.8. The molecule has 2 nitrogen and oxygen atoms in total. The van der Waals surface area contributed by atoms with Crippen LogP contribution in [-0.2, 0) is 6.42 Å². The summed E-state index contributed by atoms with van der Waals surface area (Å²) in [7, 11) is 0. The number of carbonyl (C=O) groups is 1. The van der Waals surface area contributed by atoms with E-state index in [1.54, 1.807) is 11.3 Å². The number of fused-ring (bicyclic) bond motifs is 2. The maximum Gasteiger partial charge on any atom is 0.194 e. The Morgan fingerprint density at radius 1 is 1.14 bits per heavy atom. The van der Waals surface area contributed by atoms with Crippen molar-refractivity contribution in [3.63, 3.8) is 0 Å². The smallest absolute Gasteiger partial charge is 0.194 e. The average molecular weight is 293 g/mol. The number of rotatable bonds is 2. The molecule has 3 heteroatoms. The Balaban J connectivity index is 1.79. The molecular formula is C18H15NOS. The topological polar surface area (TPSA) is 29.1 Å². The van der Waals surface area contributed by atoms with Crippen LogP contribution in [0.2, 0.25) is 0 Å². The average Bonchev–Trinajstić information content (AvgIpc) is 3.02. The molecule has 4 rings (SSSR count). The molecule has 2 heterocycles.